The molecule has 2 rings (SSSR count). The van der Waals surface area contributed by atoms with Crippen LogP contribution in [0.2, 0.25) is 8.67 Å². The standard InChI is InChI=1S/C11H11Cl2NS2/c1-2-14-10(7-3-4-15-6-7)8-5-9(12)16-11(8)13/h3-6,10,14H,2H2,1H3. The van der Waals surface area contributed by atoms with Crippen molar-refractivity contribution < 1.29 is 0 Å². The van der Waals surface area contributed by atoms with Gasteiger partial charge in [0.2, 0.25) is 0 Å². The number of hydrogen-bond acceptors (Lipinski definition) is 3. The summed E-state index contributed by atoms with van der Waals surface area (Å²) in [6.45, 7) is 2.98. The summed E-state index contributed by atoms with van der Waals surface area (Å²) >= 11 is 15.3. The molecule has 1 N–H and O–H groups in total. The summed E-state index contributed by atoms with van der Waals surface area (Å²) in [7, 11) is 0. The van der Waals surface area contributed by atoms with Crippen LogP contribution in [0.5, 0.6) is 0 Å². The normalized spacial score (nSPS) is 12.9. The summed E-state index contributed by atoms with van der Waals surface area (Å²) in [6.07, 6.45) is 0. The SMILES string of the molecule is CCNC(c1ccsc1)c1cc(Cl)sc1Cl. The molecule has 5 heteroatoms. The third-order valence-corrected chi connectivity index (χ3v) is 4.50. The molecular weight excluding hydrogens is 281 g/mol. The number of nitrogens with one attached hydrogen (secondary N) is 1. The van der Waals surface area contributed by atoms with Gasteiger partial charge in [-0.05, 0) is 35.0 Å². The van der Waals surface area contributed by atoms with Gasteiger partial charge in [0.15, 0.2) is 0 Å². The van der Waals surface area contributed by atoms with E-state index < -0.39 is 0 Å². The third-order valence-electron chi connectivity index (χ3n) is 2.28. The second-order valence-electron chi connectivity index (χ2n) is 3.33. The maximum atomic E-state index is 6.19. The Morgan fingerprint density at radius 1 is 1.44 bits per heavy atom. The van der Waals surface area contributed by atoms with Gasteiger partial charge in [0.1, 0.15) is 0 Å². The summed E-state index contributed by atoms with van der Waals surface area (Å²) in [6, 6.07) is 4.20. The number of hydrogen-bond donors (Lipinski definition) is 1. The molecule has 86 valence electrons. The van der Waals surface area contributed by atoms with Crippen LogP contribution >= 0.6 is 45.9 Å². The molecule has 1 nitrogen and oxygen atoms in total. The molecule has 1 atom stereocenters. The van der Waals surface area contributed by atoms with Crippen LogP contribution < -0.4 is 5.32 Å². The lowest BCUT2D eigenvalue weighted by Crippen LogP contribution is -2.21. The molecule has 0 spiro atoms. The zero-order valence-corrected chi connectivity index (χ0v) is 11.8. The predicted octanol–water partition coefficient (Wildman–Crippen LogP) is 4.82. The predicted molar refractivity (Wildman–Crippen MR) is 74.2 cm³/mol. The van der Waals surface area contributed by atoms with Crippen molar-refractivity contribution in [1.29, 1.82) is 0 Å². The minimum atomic E-state index is 0.146. The summed E-state index contributed by atoms with van der Waals surface area (Å²) in [5, 5.41) is 7.63. The Balaban J connectivity index is 2.36. The van der Waals surface area contributed by atoms with Crippen LogP contribution in [0, 0.1) is 0 Å². The lowest BCUT2D eigenvalue weighted by Gasteiger charge is -2.16. The molecular formula is C11H11Cl2NS2. The first-order valence-corrected chi connectivity index (χ1v) is 7.44. The van der Waals surface area contributed by atoms with Crippen molar-refractivity contribution in [3.05, 3.63) is 42.7 Å². The van der Waals surface area contributed by atoms with Crippen LogP contribution in [0.25, 0.3) is 0 Å². The van der Waals surface area contributed by atoms with Gasteiger partial charge in [0, 0.05) is 5.56 Å². The molecule has 0 aromatic carbocycles. The van der Waals surface area contributed by atoms with Gasteiger partial charge >= 0.3 is 0 Å². The van der Waals surface area contributed by atoms with E-state index in [1.807, 2.05) is 6.07 Å². The molecule has 1 unspecified atom stereocenters. The highest BCUT2D eigenvalue weighted by atomic mass is 35.5. The third kappa shape index (κ3) is 2.60. The average molecular weight is 292 g/mol. The van der Waals surface area contributed by atoms with E-state index in [0.717, 1.165) is 20.8 Å². The van der Waals surface area contributed by atoms with Gasteiger partial charge in [-0.3, -0.25) is 0 Å². The highest BCUT2D eigenvalue weighted by Gasteiger charge is 2.18. The Bertz CT molecular complexity index is 451. The Morgan fingerprint density at radius 3 is 2.75 bits per heavy atom. The first-order chi connectivity index (χ1) is 7.72. The summed E-state index contributed by atoms with van der Waals surface area (Å²) in [5.41, 5.74) is 2.31. The Hall–Kier alpha value is -0.0600. The van der Waals surface area contributed by atoms with Crippen molar-refractivity contribution in [3.63, 3.8) is 0 Å². The number of thiophene rings is 2. The second kappa shape index (κ2) is 5.52. The van der Waals surface area contributed by atoms with Crippen LogP contribution in [-0.2, 0) is 0 Å². The maximum Gasteiger partial charge on any atom is 0.0995 e. The van der Waals surface area contributed by atoms with Crippen molar-refractivity contribution in [2.24, 2.45) is 0 Å². The van der Waals surface area contributed by atoms with Crippen LogP contribution in [-0.4, -0.2) is 6.54 Å². The largest absolute Gasteiger partial charge is 0.306 e. The van der Waals surface area contributed by atoms with Gasteiger partial charge in [-0.2, -0.15) is 11.3 Å². The van der Waals surface area contributed by atoms with Crippen molar-refractivity contribution in [2.45, 2.75) is 13.0 Å². The molecule has 0 amide bonds. The molecule has 0 aliphatic carbocycles. The fourth-order valence-electron chi connectivity index (χ4n) is 1.60. The van der Waals surface area contributed by atoms with Crippen molar-refractivity contribution in [1.82, 2.24) is 5.32 Å². The van der Waals surface area contributed by atoms with Crippen LogP contribution in [0.4, 0.5) is 0 Å². The van der Waals surface area contributed by atoms with E-state index in [1.165, 1.54) is 16.9 Å². The van der Waals surface area contributed by atoms with E-state index in [4.69, 9.17) is 23.2 Å². The first-order valence-electron chi connectivity index (χ1n) is 4.92. The second-order valence-corrected chi connectivity index (χ2v) is 6.39. The van der Waals surface area contributed by atoms with Gasteiger partial charge < -0.3 is 5.32 Å². The van der Waals surface area contributed by atoms with Gasteiger partial charge in [0.25, 0.3) is 0 Å². The van der Waals surface area contributed by atoms with Crippen LogP contribution in [0.15, 0.2) is 22.9 Å². The fraction of sp³-hybridized carbons (Fsp3) is 0.273. The smallest absolute Gasteiger partial charge is 0.0995 e. The topological polar surface area (TPSA) is 12.0 Å². The van der Waals surface area contributed by atoms with E-state index in [0.29, 0.717) is 0 Å². The Morgan fingerprint density at radius 2 is 2.25 bits per heavy atom. The number of halogens is 2. The van der Waals surface area contributed by atoms with E-state index in [-0.39, 0.29) is 6.04 Å². The minimum Gasteiger partial charge on any atom is -0.306 e. The average Bonchev–Trinajstić information content (AvgIpc) is 2.85. The molecule has 0 aliphatic heterocycles. The summed E-state index contributed by atoms with van der Waals surface area (Å²) in [4.78, 5) is 0. The molecule has 16 heavy (non-hydrogen) atoms. The van der Waals surface area contributed by atoms with E-state index in [9.17, 15) is 0 Å². The molecule has 0 bridgehead atoms. The summed E-state index contributed by atoms with van der Waals surface area (Å²) < 4.78 is 1.50. The van der Waals surface area contributed by atoms with Gasteiger partial charge in [-0.15, -0.1) is 11.3 Å². The van der Waals surface area contributed by atoms with Gasteiger partial charge in [-0.1, -0.05) is 30.1 Å². The van der Waals surface area contributed by atoms with Crippen molar-refractivity contribution in [3.8, 4) is 0 Å². The molecule has 0 fully saturated rings. The molecule has 0 saturated carbocycles. The van der Waals surface area contributed by atoms with E-state index >= 15 is 0 Å². The van der Waals surface area contributed by atoms with Crippen molar-refractivity contribution in [2.75, 3.05) is 6.54 Å². The fourth-order valence-corrected chi connectivity index (χ4v) is 3.82. The molecule has 2 aromatic rings. The minimum absolute atomic E-state index is 0.146. The van der Waals surface area contributed by atoms with E-state index in [1.54, 1.807) is 11.3 Å². The quantitative estimate of drug-likeness (QED) is 0.852. The highest BCUT2D eigenvalue weighted by molar-refractivity contribution is 7.20. The lowest BCUT2D eigenvalue weighted by molar-refractivity contribution is 0.634. The maximum absolute atomic E-state index is 6.19. The first kappa shape index (κ1) is 12.4. The molecule has 0 radical (unpaired) electrons. The van der Waals surface area contributed by atoms with Gasteiger partial charge in [0.05, 0.1) is 14.7 Å². The zero-order chi connectivity index (χ0) is 11.5. The van der Waals surface area contributed by atoms with Crippen LogP contribution in [0.1, 0.15) is 24.1 Å². The van der Waals surface area contributed by atoms with Crippen LogP contribution in [0.3, 0.4) is 0 Å². The molecule has 0 aliphatic rings. The molecule has 2 heterocycles. The lowest BCUT2D eigenvalue weighted by atomic mass is 10.0. The van der Waals surface area contributed by atoms with E-state index in [2.05, 4.69) is 29.1 Å². The Kier molecular flexibility index (Phi) is 4.27. The van der Waals surface area contributed by atoms with Gasteiger partial charge in [-0.25, -0.2) is 0 Å². The molecule has 0 saturated heterocycles. The monoisotopic (exact) mass is 291 g/mol. The summed E-state index contributed by atoms with van der Waals surface area (Å²) in [5.74, 6) is 0. The highest BCUT2D eigenvalue weighted by Crippen LogP contribution is 2.37. The van der Waals surface area contributed by atoms with Crippen molar-refractivity contribution >= 4 is 45.9 Å². The Labute approximate surface area is 113 Å². The zero-order valence-electron chi connectivity index (χ0n) is 8.67. The number of rotatable bonds is 4. The molecule has 2 aromatic heterocycles.